The van der Waals surface area contributed by atoms with E-state index in [2.05, 4.69) is 40.3 Å². The van der Waals surface area contributed by atoms with Crippen molar-refractivity contribution in [2.24, 2.45) is 0 Å². The molecule has 2 aromatic carbocycles. The van der Waals surface area contributed by atoms with Gasteiger partial charge >= 0.3 is 0 Å². The molecule has 0 aromatic heterocycles. The molecule has 4 heteroatoms. The number of benzene rings is 2. The van der Waals surface area contributed by atoms with Gasteiger partial charge in [0.2, 0.25) is 0 Å². The van der Waals surface area contributed by atoms with Gasteiger partial charge in [-0.3, -0.25) is 0 Å². The Labute approximate surface area is 132 Å². The third-order valence-corrected chi connectivity index (χ3v) is 4.11. The highest BCUT2D eigenvalue weighted by Gasteiger charge is 2.07. The molecular weight excluding hydrogens is 345 g/mol. The molecule has 0 aliphatic heterocycles. The van der Waals surface area contributed by atoms with Crippen LogP contribution in [0.5, 0.6) is 0 Å². The van der Waals surface area contributed by atoms with E-state index in [0.717, 1.165) is 15.1 Å². The molecule has 2 aromatic rings. The van der Waals surface area contributed by atoms with Crippen LogP contribution < -0.4 is 5.32 Å². The quantitative estimate of drug-likeness (QED) is 0.749. The molecule has 0 amide bonds. The van der Waals surface area contributed by atoms with Gasteiger partial charge in [-0.1, -0.05) is 51.3 Å². The number of hydrogen-bond donors (Lipinski definition) is 1. The van der Waals surface area contributed by atoms with Crippen LogP contribution in [-0.4, -0.2) is 0 Å². The Morgan fingerprint density at radius 3 is 2.47 bits per heavy atom. The van der Waals surface area contributed by atoms with Gasteiger partial charge in [-0.05, 0) is 48.4 Å². The van der Waals surface area contributed by atoms with Gasteiger partial charge in [0, 0.05) is 27.1 Å². The second-order valence-corrected chi connectivity index (χ2v) is 6.15. The molecule has 0 bridgehead atoms. The molecule has 1 atom stereocenters. The van der Waals surface area contributed by atoms with Crippen LogP contribution in [0.25, 0.3) is 0 Å². The van der Waals surface area contributed by atoms with Crippen LogP contribution in [0.1, 0.15) is 24.1 Å². The summed E-state index contributed by atoms with van der Waals surface area (Å²) in [5.41, 5.74) is 2.25. The van der Waals surface area contributed by atoms with Crippen LogP contribution in [-0.2, 0) is 6.54 Å². The van der Waals surface area contributed by atoms with Crippen molar-refractivity contribution in [1.82, 2.24) is 5.32 Å². The van der Waals surface area contributed by atoms with Crippen molar-refractivity contribution in [2.45, 2.75) is 19.5 Å². The van der Waals surface area contributed by atoms with E-state index in [9.17, 15) is 0 Å². The lowest BCUT2D eigenvalue weighted by molar-refractivity contribution is 0.575. The Balaban J connectivity index is 2.02. The Hall–Kier alpha value is -0.540. The summed E-state index contributed by atoms with van der Waals surface area (Å²) >= 11 is 15.6. The number of hydrogen-bond acceptors (Lipinski definition) is 1. The summed E-state index contributed by atoms with van der Waals surface area (Å²) in [6, 6.07) is 14.0. The predicted molar refractivity (Wildman–Crippen MR) is 85.9 cm³/mol. The van der Waals surface area contributed by atoms with Crippen LogP contribution in [0.2, 0.25) is 10.0 Å². The molecule has 0 spiro atoms. The first kappa shape index (κ1) is 14.9. The second kappa shape index (κ2) is 6.76. The van der Waals surface area contributed by atoms with E-state index >= 15 is 0 Å². The van der Waals surface area contributed by atoms with Crippen molar-refractivity contribution in [3.63, 3.8) is 0 Å². The van der Waals surface area contributed by atoms with Crippen molar-refractivity contribution in [2.75, 3.05) is 0 Å². The van der Waals surface area contributed by atoms with E-state index in [-0.39, 0.29) is 6.04 Å². The molecule has 1 N–H and O–H groups in total. The first-order chi connectivity index (χ1) is 9.06. The zero-order chi connectivity index (χ0) is 13.8. The summed E-state index contributed by atoms with van der Waals surface area (Å²) in [5.74, 6) is 0. The molecule has 0 saturated heterocycles. The number of rotatable bonds is 4. The molecule has 2 rings (SSSR count). The standard InChI is InChI=1S/C15H14BrCl2N/c1-10(11-2-4-13(16)5-3-11)19-9-12-8-14(17)6-7-15(12)18/h2-8,10,19H,9H2,1H3/t10-/m0/s1. The summed E-state index contributed by atoms with van der Waals surface area (Å²) in [6.07, 6.45) is 0. The minimum absolute atomic E-state index is 0.253. The monoisotopic (exact) mass is 357 g/mol. The Kier molecular flexibility index (Phi) is 5.28. The van der Waals surface area contributed by atoms with Crippen LogP contribution >= 0.6 is 39.1 Å². The van der Waals surface area contributed by atoms with Gasteiger partial charge in [0.15, 0.2) is 0 Å². The molecule has 0 unspecified atom stereocenters. The molecule has 1 nitrogen and oxygen atoms in total. The lowest BCUT2D eigenvalue weighted by atomic mass is 10.1. The molecule has 0 radical (unpaired) electrons. The van der Waals surface area contributed by atoms with Crippen molar-refractivity contribution < 1.29 is 0 Å². The third-order valence-electron chi connectivity index (χ3n) is 2.98. The highest BCUT2D eigenvalue weighted by molar-refractivity contribution is 9.10. The normalized spacial score (nSPS) is 12.4. The molecule has 19 heavy (non-hydrogen) atoms. The highest BCUT2D eigenvalue weighted by atomic mass is 79.9. The Bertz CT molecular complexity index is 555. The van der Waals surface area contributed by atoms with Gasteiger partial charge in [-0.25, -0.2) is 0 Å². The topological polar surface area (TPSA) is 12.0 Å². The minimum Gasteiger partial charge on any atom is -0.306 e. The molecule has 100 valence electrons. The summed E-state index contributed by atoms with van der Waals surface area (Å²) < 4.78 is 1.08. The van der Waals surface area contributed by atoms with Gasteiger partial charge in [0.25, 0.3) is 0 Å². The van der Waals surface area contributed by atoms with Crippen molar-refractivity contribution in [3.05, 3.63) is 68.1 Å². The van der Waals surface area contributed by atoms with Crippen molar-refractivity contribution in [1.29, 1.82) is 0 Å². The first-order valence-electron chi connectivity index (χ1n) is 5.99. The predicted octanol–water partition coefficient (Wildman–Crippen LogP) is 5.61. The Morgan fingerprint density at radius 2 is 1.79 bits per heavy atom. The van der Waals surface area contributed by atoms with E-state index in [4.69, 9.17) is 23.2 Å². The summed E-state index contributed by atoms with van der Waals surface area (Å²) in [7, 11) is 0. The van der Waals surface area contributed by atoms with Gasteiger partial charge in [0.05, 0.1) is 0 Å². The zero-order valence-electron chi connectivity index (χ0n) is 10.5. The average molecular weight is 359 g/mol. The minimum atomic E-state index is 0.253. The molecule has 0 fully saturated rings. The lowest BCUT2D eigenvalue weighted by Gasteiger charge is -2.15. The summed E-state index contributed by atoms with van der Waals surface area (Å²) in [6.45, 7) is 2.82. The maximum Gasteiger partial charge on any atom is 0.0451 e. The van der Waals surface area contributed by atoms with Crippen LogP contribution in [0.3, 0.4) is 0 Å². The maximum atomic E-state index is 6.14. The average Bonchev–Trinajstić information content (AvgIpc) is 2.40. The van der Waals surface area contributed by atoms with E-state index in [1.807, 2.05) is 24.3 Å². The maximum absolute atomic E-state index is 6.14. The van der Waals surface area contributed by atoms with E-state index in [1.165, 1.54) is 5.56 Å². The zero-order valence-corrected chi connectivity index (χ0v) is 13.6. The van der Waals surface area contributed by atoms with Gasteiger partial charge in [0.1, 0.15) is 0 Å². The molecule has 0 aliphatic rings. The molecule has 0 aliphatic carbocycles. The second-order valence-electron chi connectivity index (χ2n) is 4.39. The molecule has 0 saturated carbocycles. The van der Waals surface area contributed by atoms with Gasteiger partial charge in [-0.2, -0.15) is 0 Å². The van der Waals surface area contributed by atoms with E-state index < -0.39 is 0 Å². The van der Waals surface area contributed by atoms with Crippen LogP contribution in [0.4, 0.5) is 0 Å². The molecular formula is C15H14BrCl2N. The van der Waals surface area contributed by atoms with Gasteiger partial charge < -0.3 is 5.32 Å². The van der Waals surface area contributed by atoms with E-state index in [1.54, 1.807) is 6.07 Å². The van der Waals surface area contributed by atoms with Crippen LogP contribution in [0, 0.1) is 0 Å². The Morgan fingerprint density at radius 1 is 1.11 bits per heavy atom. The third kappa shape index (κ3) is 4.22. The largest absolute Gasteiger partial charge is 0.306 e. The number of halogens is 3. The lowest BCUT2D eigenvalue weighted by Crippen LogP contribution is -2.18. The smallest absolute Gasteiger partial charge is 0.0451 e. The first-order valence-corrected chi connectivity index (χ1v) is 7.54. The summed E-state index contributed by atoms with van der Waals surface area (Å²) in [4.78, 5) is 0. The van der Waals surface area contributed by atoms with Crippen molar-refractivity contribution in [3.8, 4) is 0 Å². The summed E-state index contributed by atoms with van der Waals surface area (Å²) in [5, 5.41) is 4.89. The fraction of sp³-hybridized carbons (Fsp3) is 0.200. The van der Waals surface area contributed by atoms with Crippen molar-refractivity contribution >= 4 is 39.1 Å². The fourth-order valence-corrected chi connectivity index (χ4v) is 2.45. The highest BCUT2D eigenvalue weighted by Crippen LogP contribution is 2.22. The van der Waals surface area contributed by atoms with E-state index in [0.29, 0.717) is 11.6 Å². The van der Waals surface area contributed by atoms with Crippen LogP contribution in [0.15, 0.2) is 46.9 Å². The fourth-order valence-electron chi connectivity index (χ4n) is 1.81. The SMILES string of the molecule is C[C@H](NCc1cc(Cl)ccc1Cl)c1ccc(Br)cc1. The van der Waals surface area contributed by atoms with Gasteiger partial charge in [-0.15, -0.1) is 0 Å². The number of nitrogens with one attached hydrogen (secondary N) is 1. The molecule has 0 heterocycles.